The van der Waals surface area contributed by atoms with Crippen molar-refractivity contribution in [2.45, 2.75) is 4.90 Å². The number of halogens is 1. The van der Waals surface area contributed by atoms with E-state index in [4.69, 9.17) is 4.74 Å². The number of thioether (sulfide) groups is 1. The van der Waals surface area contributed by atoms with Gasteiger partial charge in [-0.15, -0.1) is 11.8 Å². The third-order valence-corrected chi connectivity index (χ3v) is 4.04. The molecule has 2 rings (SSSR count). The summed E-state index contributed by atoms with van der Waals surface area (Å²) in [6.07, 6.45) is 0. The molecule has 0 aliphatic rings. The number of rotatable bonds is 5. The van der Waals surface area contributed by atoms with Crippen molar-refractivity contribution in [3.05, 3.63) is 58.6 Å². The van der Waals surface area contributed by atoms with E-state index in [-0.39, 0.29) is 5.78 Å². The molecular weight excluding hydrogens is 324 g/mol. The number of Topliss-reactive ketones (excluding diaryl/α,β-unsaturated/α-hetero) is 1. The van der Waals surface area contributed by atoms with Crippen LogP contribution < -0.4 is 4.74 Å². The zero-order chi connectivity index (χ0) is 13.7. The van der Waals surface area contributed by atoms with Gasteiger partial charge >= 0.3 is 0 Å². The minimum atomic E-state index is 0.120. The Bertz CT molecular complexity index is 584. The van der Waals surface area contributed by atoms with Crippen molar-refractivity contribution in [3.8, 4) is 5.75 Å². The second-order valence-electron chi connectivity index (χ2n) is 3.90. The molecule has 2 nitrogen and oxygen atoms in total. The number of hydrogen-bond donors (Lipinski definition) is 0. The predicted molar refractivity (Wildman–Crippen MR) is 82.2 cm³/mol. The van der Waals surface area contributed by atoms with Crippen LogP contribution in [0.15, 0.2) is 57.9 Å². The van der Waals surface area contributed by atoms with E-state index in [9.17, 15) is 4.79 Å². The topological polar surface area (TPSA) is 26.3 Å². The van der Waals surface area contributed by atoms with Gasteiger partial charge in [0.05, 0.1) is 12.9 Å². The lowest BCUT2D eigenvalue weighted by molar-refractivity contribution is 0.102. The van der Waals surface area contributed by atoms with Crippen LogP contribution in [0, 0.1) is 0 Å². The third-order valence-electron chi connectivity index (χ3n) is 2.56. The number of carbonyl (C=O) groups excluding carboxylic acids is 1. The monoisotopic (exact) mass is 336 g/mol. The molecule has 0 heterocycles. The van der Waals surface area contributed by atoms with Crippen molar-refractivity contribution < 1.29 is 9.53 Å². The van der Waals surface area contributed by atoms with Gasteiger partial charge in [0.25, 0.3) is 0 Å². The molecule has 0 aromatic heterocycles. The first-order valence-corrected chi connectivity index (χ1v) is 7.52. The summed E-state index contributed by atoms with van der Waals surface area (Å²) in [4.78, 5) is 13.1. The Hall–Kier alpha value is -1.26. The van der Waals surface area contributed by atoms with Gasteiger partial charge in [0.1, 0.15) is 5.75 Å². The summed E-state index contributed by atoms with van der Waals surface area (Å²) in [5.74, 6) is 1.35. The summed E-state index contributed by atoms with van der Waals surface area (Å²) in [6, 6.07) is 15.2. The van der Waals surface area contributed by atoms with Crippen molar-refractivity contribution in [1.82, 2.24) is 0 Å². The summed E-state index contributed by atoms with van der Waals surface area (Å²) in [7, 11) is 1.64. The van der Waals surface area contributed by atoms with Crippen molar-refractivity contribution in [2.24, 2.45) is 0 Å². The average Bonchev–Trinajstić information content (AvgIpc) is 2.45. The molecule has 2 aromatic carbocycles. The summed E-state index contributed by atoms with van der Waals surface area (Å²) in [6.45, 7) is 0. The molecular formula is C15H13BrO2S. The smallest absolute Gasteiger partial charge is 0.173 e. The van der Waals surface area contributed by atoms with Crippen LogP contribution in [0.25, 0.3) is 0 Å². The van der Waals surface area contributed by atoms with Crippen molar-refractivity contribution in [3.63, 3.8) is 0 Å². The van der Waals surface area contributed by atoms with Gasteiger partial charge in [0.15, 0.2) is 5.78 Å². The molecule has 0 radical (unpaired) electrons. The Kier molecular flexibility index (Phi) is 5.05. The Morgan fingerprint density at radius 2 is 2.00 bits per heavy atom. The molecule has 0 unspecified atom stereocenters. The fourth-order valence-corrected chi connectivity index (χ4v) is 2.82. The molecule has 0 spiro atoms. The fourth-order valence-electron chi connectivity index (χ4n) is 1.59. The van der Waals surface area contributed by atoms with E-state index in [1.807, 2.05) is 48.5 Å². The minimum absolute atomic E-state index is 0.120. The zero-order valence-electron chi connectivity index (χ0n) is 10.4. The van der Waals surface area contributed by atoms with Crippen LogP contribution in [0.2, 0.25) is 0 Å². The minimum Gasteiger partial charge on any atom is -0.497 e. The van der Waals surface area contributed by atoms with Crippen LogP contribution >= 0.6 is 27.7 Å². The SMILES string of the molecule is COc1cccc(SCC(=O)c2cccc(Br)c2)c1. The highest BCUT2D eigenvalue weighted by molar-refractivity contribution is 9.10. The average molecular weight is 337 g/mol. The number of methoxy groups -OCH3 is 1. The maximum Gasteiger partial charge on any atom is 0.173 e. The molecule has 0 atom stereocenters. The summed E-state index contributed by atoms with van der Waals surface area (Å²) in [5.41, 5.74) is 0.727. The highest BCUT2D eigenvalue weighted by atomic mass is 79.9. The third kappa shape index (κ3) is 4.11. The van der Waals surface area contributed by atoms with E-state index in [2.05, 4.69) is 15.9 Å². The van der Waals surface area contributed by atoms with E-state index in [1.165, 1.54) is 11.8 Å². The van der Waals surface area contributed by atoms with E-state index in [1.54, 1.807) is 7.11 Å². The number of hydrogen-bond acceptors (Lipinski definition) is 3. The maximum atomic E-state index is 12.1. The van der Waals surface area contributed by atoms with Crippen LogP contribution in [-0.4, -0.2) is 18.6 Å². The van der Waals surface area contributed by atoms with Gasteiger partial charge in [-0.1, -0.05) is 34.1 Å². The molecule has 19 heavy (non-hydrogen) atoms. The van der Waals surface area contributed by atoms with Crippen molar-refractivity contribution in [1.29, 1.82) is 0 Å². The quantitative estimate of drug-likeness (QED) is 0.596. The van der Waals surface area contributed by atoms with Crippen LogP contribution in [0.3, 0.4) is 0 Å². The van der Waals surface area contributed by atoms with Crippen LogP contribution in [0.1, 0.15) is 10.4 Å². The predicted octanol–water partition coefficient (Wildman–Crippen LogP) is 4.43. The maximum absolute atomic E-state index is 12.1. The summed E-state index contributed by atoms with van der Waals surface area (Å²) in [5, 5.41) is 0. The lowest BCUT2D eigenvalue weighted by atomic mass is 10.2. The van der Waals surface area contributed by atoms with E-state index in [0.717, 1.165) is 20.7 Å². The Labute approximate surface area is 125 Å². The van der Waals surface area contributed by atoms with Crippen LogP contribution in [-0.2, 0) is 0 Å². The number of ketones is 1. The molecule has 0 bridgehead atoms. The summed E-state index contributed by atoms with van der Waals surface area (Å²) < 4.78 is 6.08. The Morgan fingerprint density at radius 3 is 2.74 bits per heavy atom. The van der Waals surface area contributed by atoms with E-state index >= 15 is 0 Å². The molecule has 2 aromatic rings. The Morgan fingerprint density at radius 1 is 1.21 bits per heavy atom. The first kappa shape index (κ1) is 14.2. The van der Waals surface area contributed by atoms with Gasteiger partial charge < -0.3 is 4.74 Å². The summed E-state index contributed by atoms with van der Waals surface area (Å²) >= 11 is 4.88. The Balaban J connectivity index is 2.00. The molecule has 0 aliphatic carbocycles. The number of ether oxygens (including phenoxy) is 1. The standard InChI is InChI=1S/C15H13BrO2S/c1-18-13-6-3-7-14(9-13)19-10-15(17)11-4-2-5-12(16)8-11/h2-9H,10H2,1H3. The van der Waals surface area contributed by atoms with Crippen molar-refractivity contribution in [2.75, 3.05) is 12.9 Å². The molecule has 0 N–H and O–H groups in total. The van der Waals surface area contributed by atoms with Crippen LogP contribution in [0.5, 0.6) is 5.75 Å². The van der Waals surface area contributed by atoms with Gasteiger partial charge in [0, 0.05) is 14.9 Å². The second-order valence-corrected chi connectivity index (χ2v) is 5.87. The fraction of sp³-hybridized carbons (Fsp3) is 0.133. The molecule has 0 saturated carbocycles. The zero-order valence-corrected chi connectivity index (χ0v) is 12.8. The second kappa shape index (κ2) is 6.78. The first-order valence-electron chi connectivity index (χ1n) is 5.74. The molecule has 4 heteroatoms. The molecule has 0 amide bonds. The van der Waals surface area contributed by atoms with E-state index in [0.29, 0.717) is 5.75 Å². The number of carbonyl (C=O) groups is 1. The molecule has 0 fully saturated rings. The lowest BCUT2D eigenvalue weighted by Gasteiger charge is -2.04. The normalized spacial score (nSPS) is 10.2. The van der Waals surface area contributed by atoms with Gasteiger partial charge in [-0.05, 0) is 30.3 Å². The van der Waals surface area contributed by atoms with Gasteiger partial charge in [-0.2, -0.15) is 0 Å². The van der Waals surface area contributed by atoms with Gasteiger partial charge in [-0.3, -0.25) is 4.79 Å². The first-order chi connectivity index (χ1) is 9.19. The lowest BCUT2D eigenvalue weighted by Crippen LogP contribution is -2.01. The van der Waals surface area contributed by atoms with Crippen LogP contribution in [0.4, 0.5) is 0 Å². The number of benzene rings is 2. The largest absolute Gasteiger partial charge is 0.497 e. The van der Waals surface area contributed by atoms with E-state index < -0.39 is 0 Å². The van der Waals surface area contributed by atoms with Gasteiger partial charge in [0.2, 0.25) is 0 Å². The van der Waals surface area contributed by atoms with Crippen molar-refractivity contribution >= 4 is 33.5 Å². The highest BCUT2D eigenvalue weighted by Gasteiger charge is 2.07. The molecule has 0 aliphatic heterocycles. The van der Waals surface area contributed by atoms with Gasteiger partial charge in [-0.25, -0.2) is 0 Å². The molecule has 0 saturated heterocycles. The molecule has 98 valence electrons. The highest BCUT2D eigenvalue weighted by Crippen LogP contribution is 2.24.